The van der Waals surface area contributed by atoms with Gasteiger partial charge in [-0.05, 0) is 30.3 Å². The van der Waals surface area contributed by atoms with Gasteiger partial charge in [0.2, 0.25) is 5.75 Å². The van der Waals surface area contributed by atoms with E-state index in [1.807, 2.05) is 6.07 Å². The minimum absolute atomic E-state index is 0.0407. The van der Waals surface area contributed by atoms with E-state index in [0.717, 1.165) is 5.56 Å². The van der Waals surface area contributed by atoms with Crippen molar-refractivity contribution in [1.29, 1.82) is 0 Å². The predicted molar refractivity (Wildman–Crippen MR) is 111 cm³/mol. The lowest BCUT2D eigenvalue weighted by Crippen LogP contribution is -2.36. The second kappa shape index (κ2) is 11.3. The van der Waals surface area contributed by atoms with Crippen molar-refractivity contribution < 1.29 is 27.7 Å². The van der Waals surface area contributed by atoms with E-state index in [1.54, 1.807) is 26.3 Å². The summed E-state index contributed by atoms with van der Waals surface area (Å²) in [6.07, 6.45) is 0. The summed E-state index contributed by atoms with van der Waals surface area (Å²) in [5.41, 5.74) is 1.28. The Morgan fingerprint density at radius 3 is 2.13 bits per heavy atom. The third kappa shape index (κ3) is 6.03. The van der Waals surface area contributed by atoms with Gasteiger partial charge in [-0.1, -0.05) is 11.6 Å². The molecule has 0 saturated heterocycles. The molecule has 0 fully saturated rings. The molecule has 10 heteroatoms. The fraction of sp³-hybridized carbons (Fsp3) is 0.350. The summed E-state index contributed by atoms with van der Waals surface area (Å²) in [5, 5.41) is 6.59. The van der Waals surface area contributed by atoms with Gasteiger partial charge >= 0.3 is 6.61 Å². The van der Waals surface area contributed by atoms with Gasteiger partial charge in [-0.15, -0.1) is 0 Å². The maximum atomic E-state index is 12.6. The van der Waals surface area contributed by atoms with Crippen molar-refractivity contribution in [3.8, 4) is 23.0 Å². The number of alkyl halides is 2. The monoisotopic (exact) mass is 443 g/mol. The summed E-state index contributed by atoms with van der Waals surface area (Å²) in [6, 6.07) is 8.05. The van der Waals surface area contributed by atoms with E-state index < -0.39 is 6.61 Å². The molecule has 0 aliphatic rings. The highest BCUT2D eigenvalue weighted by Crippen LogP contribution is 2.39. The highest BCUT2D eigenvalue weighted by atomic mass is 35.5. The average molecular weight is 444 g/mol. The van der Waals surface area contributed by atoms with Crippen LogP contribution in [0.25, 0.3) is 0 Å². The van der Waals surface area contributed by atoms with Crippen molar-refractivity contribution >= 4 is 17.6 Å². The lowest BCUT2D eigenvalue weighted by atomic mass is 10.1. The molecular weight excluding hydrogens is 420 g/mol. The summed E-state index contributed by atoms with van der Waals surface area (Å²) in [4.78, 5) is 4.14. The van der Waals surface area contributed by atoms with Crippen molar-refractivity contribution in [1.82, 2.24) is 10.6 Å². The van der Waals surface area contributed by atoms with Crippen molar-refractivity contribution in [3.63, 3.8) is 0 Å². The van der Waals surface area contributed by atoms with Crippen LogP contribution in [0.1, 0.15) is 11.1 Å². The van der Waals surface area contributed by atoms with Crippen molar-refractivity contribution in [2.75, 3.05) is 28.4 Å². The van der Waals surface area contributed by atoms with Gasteiger partial charge in [0, 0.05) is 36.3 Å². The van der Waals surface area contributed by atoms with Crippen LogP contribution in [0.3, 0.4) is 0 Å². The largest absolute Gasteiger partial charge is 0.493 e. The van der Waals surface area contributed by atoms with Crippen LogP contribution < -0.4 is 29.6 Å². The van der Waals surface area contributed by atoms with Crippen LogP contribution in [0.15, 0.2) is 35.3 Å². The third-order valence-electron chi connectivity index (χ3n) is 4.14. The second-order valence-corrected chi connectivity index (χ2v) is 6.34. The van der Waals surface area contributed by atoms with Crippen molar-refractivity contribution in [3.05, 3.63) is 46.5 Å². The number of aliphatic imine (C=N–C) groups is 1. The minimum atomic E-state index is -2.93. The minimum Gasteiger partial charge on any atom is -0.493 e. The molecule has 0 spiro atoms. The van der Waals surface area contributed by atoms with Crippen LogP contribution in [0.4, 0.5) is 8.78 Å². The number of nitrogens with one attached hydrogen (secondary N) is 2. The van der Waals surface area contributed by atoms with Crippen LogP contribution in [0.5, 0.6) is 23.0 Å². The van der Waals surface area contributed by atoms with Crippen molar-refractivity contribution in [2.45, 2.75) is 19.7 Å². The number of hydrogen-bond donors (Lipinski definition) is 2. The molecule has 0 aliphatic heterocycles. The Balaban J connectivity index is 2.09. The number of rotatable bonds is 9. The van der Waals surface area contributed by atoms with E-state index in [1.165, 1.54) is 26.4 Å². The number of nitrogens with zero attached hydrogens (tertiary/aromatic N) is 1. The van der Waals surface area contributed by atoms with Gasteiger partial charge in [-0.3, -0.25) is 4.99 Å². The quantitative estimate of drug-likeness (QED) is 0.453. The van der Waals surface area contributed by atoms with Gasteiger partial charge in [0.05, 0.1) is 21.3 Å². The van der Waals surface area contributed by atoms with E-state index >= 15 is 0 Å². The highest BCUT2D eigenvalue weighted by molar-refractivity contribution is 6.30. The molecule has 7 nitrogen and oxygen atoms in total. The molecule has 0 aliphatic carbocycles. The van der Waals surface area contributed by atoms with Crippen LogP contribution in [0.2, 0.25) is 5.02 Å². The molecule has 0 aromatic heterocycles. The number of halogens is 3. The first-order chi connectivity index (χ1) is 14.4. The Bertz CT molecular complexity index is 881. The normalized spacial score (nSPS) is 11.3. The summed E-state index contributed by atoms with van der Waals surface area (Å²) >= 11 is 5.98. The number of hydrogen-bond acceptors (Lipinski definition) is 5. The van der Waals surface area contributed by atoms with Crippen LogP contribution in [0, 0.1) is 0 Å². The first-order valence-corrected chi connectivity index (χ1v) is 9.26. The maximum absolute atomic E-state index is 12.6. The van der Waals surface area contributed by atoms with Crippen LogP contribution in [-0.2, 0) is 13.1 Å². The average Bonchev–Trinajstić information content (AvgIpc) is 2.74. The third-order valence-corrected chi connectivity index (χ3v) is 4.38. The molecule has 0 heterocycles. The number of methoxy groups -OCH3 is 3. The van der Waals surface area contributed by atoms with E-state index in [4.69, 9.17) is 25.8 Å². The van der Waals surface area contributed by atoms with Gasteiger partial charge in [0.25, 0.3) is 0 Å². The number of benzene rings is 2. The standard InChI is InChI=1S/C20H24ClF2N3O4/c1-24-20(26-11-13-9-14(21)6-8-15(13)30-19(22)23)25-10-12-5-7-16(27-2)18(29-4)17(12)28-3/h5-9,19H,10-11H2,1-4H3,(H2,24,25,26). The van der Waals surface area contributed by atoms with Gasteiger partial charge in [0.15, 0.2) is 17.5 Å². The molecule has 0 atom stereocenters. The lowest BCUT2D eigenvalue weighted by molar-refractivity contribution is -0.0504. The molecular formula is C20H24ClF2N3O4. The molecule has 0 amide bonds. The zero-order valence-corrected chi connectivity index (χ0v) is 17.8. The van der Waals surface area contributed by atoms with Gasteiger partial charge < -0.3 is 29.6 Å². The van der Waals surface area contributed by atoms with Gasteiger partial charge in [-0.2, -0.15) is 8.78 Å². The summed E-state index contributed by atoms with van der Waals surface area (Å²) < 4.78 is 45.9. The first-order valence-electron chi connectivity index (χ1n) is 8.89. The Morgan fingerprint density at radius 2 is 1.57 bits per heavy atom. The summed E-state index contributed by atoms with van der Waals surface area (Å²) in [7, 11) is 6.21. The zero-order chi connectivity index (χ0) is 22.1. The Morgan fingerprint density at radius 1 is 0.933 bits per heavy atom. The van der Waals surface area contributed by atoms with E-state index in [9.17, 15) is 8.78 Å². The SMILES string of the molecule is CN=C(NCc1cc(Cl)ccc1OC(F)F)NCc1ccc(OC)c(OC)c1OC. The Labute approximate surface area is 178 Å². The topological polar surface area (TPSA) is 73.3 Å². The van der Waals surface area contributed by atoms with Crippen LogP contribution in [-0.4, -0.2) is 40.9 Å². The maximum Gasteiger partial charge on any atom is 0.387 e. The molecule has 30 heavy (non-hydrogen) atoms. The molecule has 2 aromatic rings. The number of guanidine groups is 1. The van der Waals surface area contributed by atoms with Gasteiger partial charge in [-0.25, -0.2) is 0 Å². The van der Waals surface area contributed by atoms with E-state index in [2.05, 4.69) is 20.4 Å². The Kier molecular flexibility index (Phi) is 8.79. The van der Waals surface area contributed by atoms with Crippen LogP contribution >= 0.6 is 11.6 Å². The fourth-order valence-electron chi connectivity index (χ4n) is 2.78. The summed E-state index contributed by atoms with van der Waals surface area (Å²) in [6.45, 7) is -2.40. The molecule has 0 radical (unpaired) electrons. The first kappa shape index (κ1) is 23.3. The molecule has 0 saturated carbocycles. The molecule has 164 valence electrons. The number of ether oxygens (including phenoxy) is 4. The lowest BCUT2D eigenvalue weighted by Gasteiger charge is -2.18. The zero-order valence-electron chi connectivity index (χ0n) is 17.1. The highest BCUT2D eigenvalue weighted by Gasteiger charge is 2.16. The summed E-state index contributed by atoms with van der Waals surface area (Å²) in [5.74, 6) is 2.04. The predicted octanol–water partition coefficient (Wildman–Crippen LogP) is 3.83. The molecule has 2 rings (SSSR count). The second-order valence-electron chi connectivity index (χ2n) is 5.90. The van der Waals surface area contributed by atoms with Gasteiger partial charge in [0.1, 0.15) is 5.75 Å². The molecule has 2 aromatic carbocycles. The van der Waals surface area contributed by atoms with Crippen molar-refractivity contribution in [2.24, 2.45) is 4.99 Å². The van der Waals surface area contributed by atoms with E-state index in [-0.39, 0.29) is 12.3 Å². The molecule has 0 bridgehead atoms. The van der Waals surface area contributed by atoms with E-state index in [0.29, 0.717) is 40.3 Å². The smallest absolute Gasteiger partial charge is 0.387 e. The molecule has 2 N–H and O–H groups in total. The Hall–Kier alpha value is -2.94. The molecule has 0 unspecified atom stereocenters. The fourth-order valence-corrected chi connectivity index (χ4v) is 2.97.